The Kier molecular flexibility index (Phi) is 8.35. The molecule has 0 saturated heterocycles. The number of rotatable bonds is 2. The molecule has 36 heavy (non-hydrogen) atoms. The summed E-state index contributed by atoms with van der Waals surface area (Å²) in [7, 11) is 0. The molecule has 0 amide bonds. The van der Waals surface area contributed by atoms with Gasteiger partial charge in [-0.1, -0.05) is 0 Å². The fraction of sp³-hybridized carbons (Fsp3) is 0.381. The summed E-state index contributed by atoms with van der Waals surface area (Å²) in [5.41, 5.74) is -2.05. The lowest BCUT2D eigenvalue weighted by Gasteiger charge is -2.15. The van der Waals surface area contributed by atoms with Crippen molar-refractivity contribution in [2.45, 2.75) is 0 Å². The molecule has 1 aliphatic heterocycles. The predicted octanol–water partition coefficient (Wildman–Crippen LogP) is 3.84. The number of nitrogens with one attached hydrogen (secondary N) is 1. The molecular formula is C21H19Br2N3O10. The van der Waals surface area contributed by atoms with Crippen LogP contribution in [0.2, 0.25) is 0 Å². The standard InChI is InChI=1S/C21H19Br2N3O10/c22-11-9-13-17-15(19(11)25(28)29)21(27)16-18(24-17)14(10-12(23)20(16)26(30)31)36-8-6-34-4-2-32-1-3-33-5-7-35-13/h9-10H,1-8H2,(H,24,27). The number of nitrogens with zero attached hydrogens (tertiary/aromatic N) is 2. The Labute approximate surface area is 219 Å². The summed E-state index contributed by atoms with van der Waals surface area (Å²) in [6.45, 7) is 1.84. The van der Waals surface area contributed by atoms with Gasteiger partial charge in [0.15, 0.2) is 0 Å². The van der Waals surface area contributed by atoms with E-state index in [0.717, 1.165) is 0 Å². The zero-order valence-corrected chi connectivity index (χ0v) is 21.7. The van der Waals surface area contributed by atoms with Crippen molar-refractivity contribution in [2.75, 3.05) is 52.9 Å². The third-order valence-electron chi connectivity index (χ3n) is 5.22. The SMILES string of the molecule is O=c1c2c([N+](=O)[O-])c(Br)cc3c2[nH]c2c(cc(Br)c([N+](=O)[O-])c12)OCCOCCOCCOCCO3. The van der Waals surface area contributed by atoms with E-state index in [1.807, 2.05) is 0 Å². The molecule has 0 radical (unpaired) electrons. The van der Waals surface area contributed by atoms with E-state index < -0.39 is 26.7 Å². The van der Waals surface area contributed by atoms with Crippen LogP contribution in [0.25, 0.3) is 21.8 Å². The van der Waals surface area contributed by atoms with Crippen LogP contribution in [0.1, 0.15) is 0 Å². The largest absolute Gasteiger partial charge is 0.489 e. The summed E-state index contributed by atoms with van der Waals surface area (Å²) >= 11 is 6.26. The van der Waals surface area contributed by atoms with Crippen molar-refractivity contribution in [3.8, 4) is 11.5 Å². The van der Waals surface area contributed by atoms with Crippen LogP contribution in [0.5, 0.6) is 11.5 Å². The van der Waals surface area contributed by atoms with Crippen molar-refractivity contribution >= 4 is 65.0 Å². The molecule has 2 aromatic carbocycles. The molecule has 4 rings (SSSR count). The number of aromatic nitrogens is 1. The number of hydrogen-bond donors (Lipinski definition) is 1. The maximum Gasteiger partial charge on any atom is 0.297 e. The second-order valence-electron chi connectivity index (χ2n) is 7.41. The molecule has 2 heterocycles. The minimum absolute atomic E-state index is 0.00966. The van der Waals surface area contributed by atoms with E-state index in [1.165, 1.54) is 12.1 Å². The Morgan fingerprint density at radius 3 is 1.42 bits per heavy atom. The minimum Gasteiger partial charge on any atom is -0.489 e. The number of aromatic amines is 1. The Bertz CT molecular complexity index is 1300. The van der Waals surface area contributed by atoms with Crippen LogP contribution < -0.4 is 14.9 Å². The van der Waals surface area contributed by atoms with Gasteiger partial charge in [0.25, 0.3) is 11.4 Å². The second-order valence-corrected chi connectivity index (χ2v) is 9.12. The number of nitro groups is 2. The summed E-state index contributed by atoms with van der Waals surface area (Å²) in [5.74, 6) is 0.226. The molecular weight excluding hydrogens is 614 g/mol. The van der Waals surface area contributed by atoms with Gasteiger partial charge < -0.3 is 28.7 Å². The molecule has 13 nitrogen and oxygen atoms in total. The first kappa shape index (κ1) is 26.2. The number of ether oxygens (including phenoxy) is 5. The quantitative estimate of drug-likeness (QED) is 0.249. The number of nitro benzene ring substituents is 2. The molecule has 0 aliphatic carbocycles. The van der Waals surface area contributed by atoms with Crippen LogP contribution in [-0.2, 0) is 14.2 Å². The Hall–Kier alpha value is -2.85. The third-order valence-corrected chi connectivity index (χ3v) is 6.43. The van der Waals surface area contributed by atoms with Crippen molar-refractivity contribution in [3.05, 3.63) is 51.5 Å². The van der Waals surface area contributed by atoms with Gasteiger partial charge in [0.1, 0.15) is 35.5 Å². The fourth-order valence-electron chi connectivity index (χ4n) is 3.72. The van der Waals surface area contributed by atoms with Gasteiger partial charge in [-0.25, -0.2) is 0 Å². The van der Waals surface area contributed by atoms with Crippen molar-refractivity contribution in [1.82, 2.24) is 4.98 Å². The molecule has 15 heteroatoms. The van der Waals surface area contributed by atoms with E-state index in [9.17, 15) is 25.0 Å². The first-order chi connectivity index (χ1) is 17.3. The molecule has 0 spiro atoms. The van der Waals surface area contributed by atoms with Gasteiger partial charge in [-0.05, 0) is 31.9 Å². The maximum absolute atomic E-state index is 13.7. The number of pyridine rings is 1. The van der Waals surface area contributed by atoms with E-state index in [2.05, 4.69) is 36.8 Å². The highest BCUT2D eigenvalue weighted by molar-refractivity contribution is 9.11. The van der Waals surface area contributed by atoms with E-state index in [0.29, 0.717) is 26.4 Å². The summed E-state index contributed by atoms with van der Waals surface area (Å²) in [6.07, 6.45) is 0. The smallest absolute Gasteiger partial charge is 0.297 e. The van der Waals surface area contributed by atoms with Gasteiger partial charge in [0, 0.05) is 12.1 Å². The number of H-pyrrole nitrogens is 1. The molecule has 1 N–H and O–H groups in total. The van der Waals surface area contributed by atoms with Gasteiger partial charge in [-0.2, -0.15) is 0 Å². The maximum atomic E-state index is 13.7. The number of hydrogen-bond acceptors (Lipinski definition) is 10. The van der Waals surface area contributed by atoms with Crippen molar-refractivity contribution < 1.29 is 33.5 Å². The molecule has 0 fully saturated rings. The van der Waals surface area contributed by atoms with Crippen LogP contribution >= 0.6 is 31.9 Å². The number of benzene rings is 2. The highest BCUT2D eigenvalue weighted by atomic mass is 79.9. The lowest BCUT2D eigenvalue weighted by atomic mass is 10.1. The Morgan fingerprint density at radius 1 is 0.694 bits per heavy atom. The zero-order valence-electron chi connectivity index (χ0n) is 18.5. The molecule has 0 saturated carbocycles. The average Bonchev–Trinajstić information content (AvgIpc) is 2.81. The van der Waals surface area contributed by atoms with Crippen molar-refractivity contribution in [2.24, 2.45) is 0 Å². The van der Waals surface area contributed by atoms with Gasteiger partial charge in [0.05, 0.1) is 69.5 Å². The first-order valence-corrected chi connectivity index (χ1v) is 12.2. The topological polar surface area (TPSA) is 165 Å². The van der Waals surface area contributed by atoms with Crippen LogP contribution in [0.4, 0.5) is 11.4 Å². The monoisotopic (exact) mass is 631 g/mol. The molecule has 1 aromatic heterocycles. The highest BCUT2D eigenvalue weighted by Gasteiger charge is 2.30. The average molecular weight is 633 g/mol. The molecule has 0 unspecified atom stereocenters. The fourth-order valence-corrected chi connectivity index (χ4v) is 4.82. The van der Waals surface area contributed by atoms with Gasteiger partial charge >= 0.3 is 0 Å². The summed E-state index contributed by atoms with van der Waals surface area (Å²) in [6, 6.07) is 2.71. The molecule has 0 atom stereocenters. The van der Waals surface area contributed by atoms with Crippen molar-refractivity contribution in [3.63, 3.8) is 0 Å². The van der Waals surface area contributed by atoms with Crippen LogP contribution in [0.3, 0.4) is 0 Å². The summed E-state index contributed by atoms with van der Waals surface area (Å²) < 4.78 is 27.9. The van der Waals surface area contributed by atoms with E-state index in [1.54, 1.807) is 0 Å². The lowest BCUT2D eigenvalue weighted by molar-refractivity contribution is -0.384. The normalized spacial score (nSPS) is 15.8. The first-order valence-electron chi connectivity index (χ1n) is 10.6. The lowest BCUT2D eigenvalue weighted by Crippen LogP contribution is -2.16. The second kappa shape index (κ2) is 11.5. The van der Waals surface area contributed by atoms with Crippen LogP contribution in [0.15, 0.2) is 25.9 Å². The molecule has 2 bridgehead atoms. The van der Waals surface area contributed by atoms with Crippen LogP contribution in [-0.4, -0.2) is 67.7 Å². The predicted molar refractivity (Wildman–Crippen MR) is 134 cm³/mol. The highest BCUT2D eigenvalue weighted by Crippen LogP contribution is 2.42. The van der Waals surface area contributed by atoms with Crippen molar-refractivity contribution in [1.29, 1.82) is 0 Å². The van der Waals surface area contributed by atoms with Gasteiger partial charge in [-0.3, -0.25) is 25.0 Å². The zero-order chi connectivity index (χ0) is 25.8. The van der Waals surface area contributed by atoms with Gasteiger partial charge in [-0.15, -0.1) is 0 Å². The van der Waals surface area contributed by atoms with E-state index in [4.69, 9.17) is 23.7 Å². The Morgan fingerprint density at radius 2 is 1.06 bits per heavy atom. The molecule has 192 valence electrons. The van der Waals surface area contributed by atoms with Gasteiger partial charge in [0.2, 0.25) is 5.43 Å². The van der Waals surface area contributed by atoms with E-state index >= 15 is 0 Å². The van der Waals surface area contributed by atoms with Crippen LogP contribution in [0, 0.1) is 20.2 Å². The minimum atomic E-state index is -0.923. The number of halogens is 2. The molecule has 1 aliphatic rings. The van der Waals surface area contributed by atoms with E-state index in [-0.39, 0.29) is 68.7 Å². The Balaban J connectivity index is 2.01. The summed E-state index contributed by atoms with van der Waals surface area (Å²) in [5, 5.41) is 23.0. The summed E-state index contributed by atoms with van der Waals surface area (Å²) in [4.78, 5) is 39.0. The molecule has 3 aromatic rings. The third kappa shape index (κ3) is 5.29.